The van der Waals surface area contributed by atoms with Crippen molar-refractivity contribution in [2.24, 2.45) is 4.99 Å². The van der Waals surface area contributed by atoms with E-state index in [1.807, 2.05) is 19.9 Å². The van der Waals surface area contributed by atoms with Crippen molar-refractivity contribution in [3.05, 3.63) is 35.1 Å². The second-order valence-corrected chi connectivity index (χ2v) is 6.02. The fraction of sp³-hybridized carbons (Fsp3) is 0.579. The summed E-state index contributed by atoms with van der Waals surface area (Å²) in [4.78, 5) is 15.6. The van der Waals surface area contributed by atoms with Crippen LogP contribution in [0, 0.1) is 12.7 Å². The van der Waals surface area contributed by atoms with Crippen LogP contribution in [0.15, 0.2) is 23.2 Å². The number of guanidine groups is 1. The Kier molecular flexibility index (Phi) is 13.0. The van der Waals surface area contributed by atoms with Crippen LogP contribution < -0.4 is 10.6 Å². The van der Waals surface area contributed by atoms with Crippen molar-refractivity contribution in [1.29, 1.82) is 0 Å². The molecule has 0 saturated heterocycles. The largest absolute Gasteiger partial charge is 0.469 e. The van der Waals surface area contributed by atoms with Gasteiger partial charge in [-0.2, -0.15) is 0 Å². The zero-order valence-corrected chi connectivity index (χ0v) is 18.4. The number of hydrogen-bond acceptors (Lipinski definition) is 3. The van der Waals surface area contributed by atoms with Gasteiger partial charge >= 0.3 is 5.97 Å². The first-order valence-corrected chi connectivity index (χ1v) is 8.85. The van der Waals surface area contributed by atoms with Crippen LogP contribution in [0.2, 0.25) is 0 Å². The molecule has 2 N–H and O–H groups in total. The normalized spacial score (nSPS) is 12.1. The molecule has 0 spiro atoms. The van der Waals surface area contributed by atoms with Gasteiger partial charge in [0, 0.05) is 19.5 Å². The summed E-state index contributed by atoms with van der Waals surface area (Å²) in [5, 5.41) is 6.50. The molecule has 26 heavy (non-hydrogen) atoms. The summed E-state index contributed by atoms with van der Waals surface area (Å²) < 4.78 is 18.3. The van der Waals surface area contributed by atoms with Crippen LogP contribution in [0.5, 0.6) is 0 Å². The third-order valence-electron chi connectivity index (χ3n) is 3.93. The van der Waals surface area contributed by atoms with Crippen molar-refractivity contribution in [1.82, 2.24) is 10.6 Å². The van der Waals surface area contributed by atoms with Crippen molar-refractivity contribution in [2.75, 3.05) is 20.2 Å². The smallest absolute Gasteiger partial charge is 0.305 e. The number of benzene rings is 1. The van der Waals surface area contributed by atoms with E-state index in [1.165, 1.54) is 7.11 Å². The Balaban J connectivity index is 0.00000625. The topological polar surface area (TPSA) is 62.7 Å². The molecule has 1 rings (SSSR count). The van der Waals surface area contributed by atoms with E-state index in [9.17, 15) is 9.18 Å². The summed E-state index contributed by atoms with van der Waals surface area (Å²) in [6, 6.07) is 5.22. The van der Waals surface area contributed by atoms with Crippen LogP contribution in [-0.4, -0.2) is 32.1 Å². The molecule has 0 aliphatic carbocycles. The lowest BCUT2D eigenvalue weighted by Gasteiger charge is -2.18. The maximum atomic E-state index is 13.7. The number of nitrogens with one attached hydrogen (secondary N) is 2. The average molecular weight is 479 g/mol. The molecular formula is C19H31FIN3O2. The lowest BCUT2D eigenvalue weighted by atomic mass is 10.1. The minimum absolute atomic E-state index is 0. The highest BCUT2D eigenvalue weighted by molar-refractivity contribution is 14.0. The quantitative estimate of drug-likeness (QED) is 0.184. The van der Waals surface area contributed by atoms with Crippen molar-refractivity contribution >= 4 is 35.9 Å². The van der Waals surface area contributed by atoms with E-state index in [-0.39, 0.29) is 41.8 Å². The zero-order valence-electron chi connectivity index (χ0n) is 16.1. The van der Waals surface area contributed by atoms with Crippen LogP contribution in [-0.2, 0) is 9.53 Å². The van der Waals surface area contributed by atoms with Crippen LogP contribution >= 0.6 is 24.0 Å². The Morgan fingerprint density at radius 2 is 2.04 bits per heavy atom. The number of ether oxygens (including phenoxy) is 1. The molecule has 0 fully saturated rings. The Morgan fingerprint density at radius 1 is 1.31 bits per heavy atom. The van der Waals surface area contributed by atoms with Gasteiger partial charge in [-0.05, 0) is 50.8 Å². The van der Waals surface area contributed by atoms with Gasteiger partial charge in [0.1, 0.15) is 5.82 Å². The third kappa shape index (κ3) is 9.35. The van der Waals surface area contributed by atoms with E-state index in [0.717, 1.165) is 31.4 Å². The predicted molar refractivity (Wildman–Crippen MR) is 115 cm³/mol. The third-order valence-corrected chi connectivity index (χ3v) is 3.93. The molecule has 5 nitrogen and oxygen atoms in total. The standard InChI is InChI=1S/C19H30FN3O2.HI/c1-5-21-19(22-12-8-6-7-9-18(24)25-4)23-15(3)16-11-10-14(2)17(20)13-16;/h10-11,13,15H,5-9,12H2,1-4H3,(H2,21,22,23);1H. The van der Waals surface area contributed by atoms with Gasteiger partial charge in [0.2, 0.25) is 0 Å². The second-order valence-electron chi connectivity index (χ2n) is 6.02. The van der Waals surface area contributed by atoms with Crippen molar-refractivity contribution in [3.8, 4) is 0 Å². The molecule has 1 aromatic carbocycles. The zero-order chi connectivity index (χ0) is 18.7. The number of carbonyl (C=O) groups is 1. The predicted octanol–water partition coefficient (Wildman–Crippen LogP) is 4.10. The average Bonchev–Trinajstić information content (AvgIpc) is 2.59. The number of carbonyl (C=O) groups excluding carboxylic acids is 1. The van der Waals surface area contributed by atoms with Gasteiger partial charge in [-0.1, -0.05) is 18.6 Å². The van der Waals surface area contributed by atoms with Crippen LogP contribution in [0.3, 0.4) is 0 Å². The maximum absolute atomic E-state index is 13.7. The highest BCUT2D eigenvalue weighted by atomic mass is 127. The first-order valence-electron chi connectivity index (χ1n) is 8.85. The Morgan fingerprint density at radius 3 is 2.65 bits per heavy atom. The Labute approximate surface area is 173 Å². The van der Waals surface area contributed by atoms with E-state index in [2.05, 4.69) is 20.4 Å². The molecule has 0 amide bonds. The Bertz CT molecular complexity index is 582. The van der Waals surface area contributed by atoms with Gasteiger partial charge in [0.05, 0.1) is 13.2 Å². The van der Waals surface area contributed by atoms with Crippen LogP contribution in [0.4, 0.5) is 4.39 Å². The van der Waals surface area contributed by atoms with E-state index in [4.69, 9.17) is 0 Å². The summed E-state index contributed by atoms with van der Waals surface area (Å²) in [7, 11) is 1.40. The number of unbranched alkanes of at least 4 members (excludes halogenated alkanes) is 2. The number of rotatable bonds is 9. The van der Waals surface area contributed by atoms with Gasteiger partial charge in [-0.25, -0.2) is 4.39 Å². The summed E-state index contributed by atoms with van der Waals surface area (Å²) in [6.45, 7) is 7.16. The van der Waals surface area contributed by atoms with E-state index in [0.29, 0.717) is 24.5 Å². The number of aryl methyl sites for hydroxylation is 1. The Hall–Kier alpha value is -1.38. The van der Waals surface area contributed by atoms with E-state index in [1.54, 1.807) is 19.1 Å². The molecule has 0 aliphatic heterocycles. The number of methoxy groups -OCH3 is 1. The summed E-state index contributed by atoms with van der Waals surface area (Å²) in [5.74, 6) is 0.348. The highest BCUT2D eigenvalue weighted by Crippen LogP contribution is 2.16. The molecule has 0 bridgehead atoms. The molecular weight excluding hydrogens is 448 g/mol. The van der Waals surface area contributed by atoms with Gasteiger partial charge in [0.15, 0.2) is 5.96 Å². The maximum Gasteiger partial charge on any atom is 0.305 e. The van der Waals surface area contributed by atoms with E-state index < -0.39 is 0 Å². The van der Waals surface area contributed by atoms with E-state index >= 15 is 0 Å². The first kappa shape index (κ1) is 24.6. The monoisotopic (exact) mass is 479 g/mol. The molecule has 0 saturated carbocycles. The van der Waals surface area contributed by atoms with Crippen LogP contribution in [0.1, 0.15) is 56.7 Å². The molecule has 0 aromatic heterocycles. The molecule has 0 heterocycles. The number of halogens is 2. The molecule has 1 unspecified atom stereocenters. The summed E-state index contributed by atoms with van der Waals surface area (Å²) in [6.07, 6.45) is 3.09. The van der Waals surface area contributed by atoms with Crippen LogP contribution in [0.25, 0.3) is 0 Å². The number of nitrogens with zero attached hydrogens (tertiary/aromatic N) is 1. The summed E-state index contributed by atoms with van der Waals surface area (Å²) >= 11 is 0. The number of aliphatic imine (C=N–C) groups is 1. The molecule has 7 heteroatoms. The lowest BCUT2D eigenvalue weighted by molar-refractivity contribution is -0.140. The fourth-order valence-electron chi connectivity index (χ4n) is 2.34. The van der Waals surface area contributed by atoms with Gasteiger partial charge in [0.25, 0.3) is 0 Å². The molecule has 148 valence electrons. The number of hydrogen-bond donors (Lipinski definition) is 2. The second kappa shape index (κ2) is 13.8. The number of esters is 1. The molecule has 0 radical (unpaired) electrons. The molecule has 1 atom stereocenters. The molecule has 0 aliphatic rings. The first-order chi connectivity index (χ1) is 12.0. The fourth-order valence-corrected chi connectivity index (χ4v) is 2.34. The SMILES string of the molecule is CCNC(=NCCCCCC(=O)OC)NC(C)c1ccc(C)c(F)c1.I. The minimum atomic E-state index is -0.196. The van der Waals surface area contributed by atoms with Crippen molar-refractivity contribution in [2.45, 2.75) is 52.5 Å². The lowest BCUT2D eigenvalue weighted by Crippen LogP contribution is -2.38. The van der Waals surface area contributed by atoms with Crippen molar-refractivity contribution < 1.29 is 13.9 Å². The highest BCUT2D eigenvalue weighted by Gasteiger charge is 2.09. The van der Waals surface area contributed by atoms with Gasteiger partial charge in [-0.3, -0.25) is 9.79 Å². The van der Waals surface area contributed by atoms with Crippen molar-refractivity contribution in [3.63, 3.8) is 0 Å². The molecule has 1 aromatic rings. The summed E-state index contributed by atoms with van der Waals surface area (Å²) in [5.41, 5.74) is 1.52. The van der Waals surface area contributed by atoms with Gasteiger partial charge in [-0.15, -0.1) is 24.0 Å². The minimum Gasteiger partial charge on any atom is -0.469 e. The van der Waals surface area contributed by atoms with Gasteiger partial charge < -0.3 is 15.4 Å².